The topological polar surface area (TPSA) is 44.4 Å². The number of anilines is 2. The monoisotopic (exact) mass is 529 g/mol. The van der Waals surface area contributed by atoms with Crippen molar-refractivity contribution < 1.29 is 4.79 Å². The summed E-state index contributed by atoms with van der Waals surface area (Å²) in [6, 6.07) is 21.9. The van der Waals surface area contributed by atoms with Crippen LogP contribution in [0.25, 0.3) is 11.3 Å². The fourth-order valence-corrected chi connectivity index (χ4v) is 4.23. The van der Waals surface area contributed by atoms with E-state index >= 15 is 0 Å². The molecule has 0 saturated carbocycles. The Bertz CT molecular complexity index is 1140. The van der Waals surface area contributed by atoms with Crippen molar-refractivity contribution in [2.75, 3.05) is 24.7 Å². The lowest BCUT2D eigenvalue weighted by molar-refractivity contribution is -0.110. The summed E-state index contributed by atoms with van der Waals surface area (Å²) in [6.07, 6.45) is 0. The van der Waals surface area contributed by atoms with E-state index in [1.165, 1.54) is 5.56 Å². The first-order valence-electron chi connectivity index (χ1n) is 9.53. The van der Waals surface area contributed by atoms with Gasteiger partial charge in [-0.25, -0.2) is 0 Å². The first-order valence-corrected chi connectivity index (χ1v) is 11.0. The van der Waals surface area contributed by atoms with Gasteiger partial charge in [0.15, 0.2) is 0 Å². The van der Waals surface area contributed by atoms with Crippen molar-refractivity contribution in [1.29, 1.82) is 0 Å². The van der Waals surface area contributed by atoms with Gasteiger partial charge in [-0.1, -0.05) is 41.9 Å². The average Bonchev–Trinajstić information content (AvgIpc) is 3.01. The molecule has 0 unspecified atom stereocenters. The summed E-state index contributed by atoms with van der Waals surface area (Å²) < 4.78 is 1.10. The van der Waals surface area contributed by atoms with Crippen LogP contribution < -0.4 is 10.6 Å². The first-order chi connectivity index (χ1) is 14.4. The molecule has 0 saturated heterocycles. The van der Waals surface area contributed by atoms with Gasteiger partial charge in [-0.15, -0.1) is 0 Å². The summed E-state index contributed by atoms with van der Waals surface area (Å²) in [6.45, 7) is 0.877. The Labute approximate surface area is 195 Å². The van der Waals surface area contributed by atoms with Crippen LogP contribution in [0.15, 0.2) is 66.7 Å². The highest BCUT2D eigenvalue weighted by atomic mass is 127. The summed E-state index contributed by atoms with van der Waals surface area (Å²) in [5.74, 6) is -0.141. The van der Waals surface area contributed by atoms with E-state index in [0.717, 1.165) is 38.3 Å². The van der Waals surface area contributed by atoms with Crippen LogP contribution in [0.1, 0.15) is 16.7 Å². The number of carbonyl (C=O) groups is 1. The average molecular weight is 530 g/mol. The summed E-state index contributed by atoms with van der Waals surface area (Å²) in [5.41, 5.74) is 6.06. The zero-order valence-electron chi connectivity index (χ0n) is 16.7. The van der Waals surface area contributed by atoms with Crippen molar-refractivity contribution in [3.63, 3.8) is 0 Å². The SMILES string of the molecule is CN(C)Cc1ccc(N/C(=C2\C(=O)Nc3cc(Cl)ccc32)c2cccc(I)c2)cc1. The Hall–Kier alpha value is -2.35. The molecule has 0 aliphatic carbocycles. The molecule has 30 heavy (non-hydrogen) atoms. The van der Waals surface area contributed by atoms with E-state index in [1.807, 2.05) is 56.6 Å². The number of benzene rings is 3. The number of hydrogen-bond donors (Lipinski definition) is 2. The number of halogens is 2. The normalized spacial score (nSPS) is 14.5. The molecule has 4 rings (SSSR count). The highest BCUT2D eigenvalue weighted by Crippen LogP contribution is 2.39. The largest absolute Gasteiger partial charge is 0.354 e. The van der Waals surface area contributed by atoms with Crippen molar-refractivity contribution in [2.24, 2.45) is 0 Å². The predicted molar refractivity (Wildman–Crippen MR) is 134 cm³/mol. The second kappa shape index (κ2) is 8.79. The van der Waals surface area contributed by atoms with Crippen LogP contribution in [0.2, 0.25) is 5.02 Å². The Kier molecular flexibility index (Phi) is 6.13. The number of hydrogen-bond acceptors (Lipinski definition) is 3. The molecule has 6 heteroatoms. The third kappa shape index (κ3) is 4.53. The molecule has 0 atom stereocenters. The molecule has 2 N–H and O–H groups in total. The van der Waals surface area contributed by atoms with Crippen LogP contribution in [-0.4, -0.2) is 24.9 Å². The lowest BCUT2D eigenvalue weighted by Crippen LogP contribution is -2.11. The minimum absolute atomic E-state index is 0.141. The molecule has 1 aliphatic rings. The minimum Gasteiger partial charge on any atom is -0.354 e. The second-order valence-corrected chi connectivity index (χ2v) is 9.15. The fourth-order valence-electron chi connectivity index (χ4n) is 3.52. The van der Waals surface area contributed by atoms with E-state index in [-0.39, 0.29) is 5.91 Å². The van der Waals surface area contributed by atoms with Gasteiger partial charge in [0, 0.05) is 26.4 Å². The maximum Gasteiger partial charge on any atom is 0.258 e. The van der Waals surface area contributed by atoms with Gasteiger partial charge in [-0.3, -0.25) is 4.79 Å². The molecule has 0 fully saturated rings. The van der Waals surface area contributed by atoms with Crippen molar-refractivity contribution in [3.05, 3.63) is 92.0 Å². The number of carbonyl (C=O) groups excluding carboxylic acids is 1. The van der Waals surface area contributed by atoms with E-state index in [0.29, 0.717) is 10.6 Å². The molecule has 0 aromatic heterocycles. The molecule has 1 aliphatic heterocycles. The number of rotatable bonds is 5. The maximum absolute atomic E-state index is 12.9. The first kappa shape index (κ1) is 20.9. The predicted octanol–water partition coefficient (Wildman–Crippen LogP) is 5.94. The van der Waals surface area contributed by atoms with E-state index in [4.69, 9.17) is 11.6 Å². The van der Waals surface area contributed by atoms with Gasteiger partial charge in [-0.05, 0) is 84.2 Å². The zero-order valence-corrected chi connectivity index (χ0v) is 19.6. The molecule has 4 nitrogen and oxygen atoms in total. The molecule has 0 radical (unpaired) electrons. The quantitative estimate of drug-likeness (QED) is 0.318. The summed E-state index contributed by atoms with van der Waals surface area (Å²) >= 11 is 8.41. The van der Waals surface area contributed by atoms with Crippen LogP contribution in [0.4, 0.5) is 11.4 Å². The summed E-state index contributed by atoms with van der Waals surface area (Å²) in [7, 11) is 4.10. The van der Waals surface area contributed by atoms with Crippen molar-refractivity contribution in [2.45, 2.75) is 6.54 Å². The zero-order chi connectivity index (χ0) is 21.3. The molecular weight excluding hydrogens is 509 g/mol. The van der Waals surface area contributed by atoms with Gasteiger partial charge in [0.1, 0.15) is 0 Å². The van der Waals surface area contributed by atoms with Crippen LogP contribution >= 0.6 is 34.2 Å². The molecule has 3 aromatic carbocycles. The summed E-state index contributed by atoms with van der Waals surface area (Å²) in [4.78, 5) is 15.1. The maximum atomic E-state index is 12.9. The van der Waals surface area contributed by atoms with Gasteiger partial charge >= 0.3 is 0 Å². The Balaban J connectivity index is 1.81. The highest BCUT2D eigenvalue weighted by Gasteiger charge is 2.28. The summed E-state index contributed by atoms with van der Waals surface area (Å²) in [5, 5.41) is 7.03. The standard InChI is InChI=1S/C24H21ClIN3O/c1-29(2)14-15-6-9-19(10-7-15)27-23(16-4-3-5-18(26)12-16)22-20-11-8-17(25)13-21(20)28-24(22)30/h3-13,27H,14H2,1-2H3,(H,28,30)/b23-22-. The van der Waals surface area contributed by atoms with E-state index in [1.54, 1.807) is 6.07 Å². The van der Waals surface area contributed by atoms with Crippen LogP contribution in [0, 0.1) is 3.57 Å². The van der Waals surface area contributed by atoms with Crippen molar-refractivity contribution in [3.8, 4) is 0 Å². The molecular formula is C24H21ClIN3O. The number of nitrogens with one attached hydrogen (secondary N) is 2. The van der Waals surface area contributed by atoms with Crippen molar-refractivity contribution in [1.82, 2.24) is 4.90 Å². The second-order valence-electron chi connectivity index (χ2n) is 7.46. The third-order valence-electron chi connectivity index (χ3n) is 4.81. The molecule has 0 spiro atoms. The molecule has 0 bridgehead atoms. The lowest BCUT2D eigenvalue weighted by atomic mass is 10.00. The minimum atomic E-state index is -0.141. The Morgan fingerprint density at radius 1 is 1.07 bits per heavy atom. The van der Waals surface area contributed by atoms with Crippen LogP contribution in [0.3, 0.4) is 0 Å². The smallest absolute Gasteiger partial charge is 0.258 e. The van der Waals surface area contributed by atoms with Crippen LogP contribution in [-0.2, 0) is 11.3 Å². The number of nitrogens with zero attached hydrogens (tertiary/aromatic N) is 1. The van der Waals surface area contributed by atoms with Gasteiger partial charge < -0.3 is 15.5 Å². The van der Waals surface area contributed by atoms with Gasteiger partial charge in [0.25, 0.3) is 5.91 Å². The van der Waals surface area contributed by atoms with Gasteiger partial charge in [-0.2, -0.15) is 0 Å². The third-order valence-corrected chi connectivity index (χ3v) is 5.72. The van der Waals surface area contributed by atoms with E-state index < -0.39 is 0 Å². The van der Waals surface area contributed by atoms with Crippen molar-refractivity contribution >= 4 is 62.7 Å². The van der Waals surface area contributed by atoms with Gasteiger partial charge in [0.05, 0.1) is 17.0 Å². The fraction of sp³-hybridized carbons (Fsp3) is 0.125. The molecule has 3 aromatic rings. The molecule has 1 heterocycles. The van der Waals surface area contributed by atoms with Crippen LogP contribution in [0.5, 0.6) is 0 Å². The molecule has 1 amide bonds. The highest BCUT2D eigenvalue weighted by molar-refractivity contribution is 14.1. The van der Waals surface area contributed by atoms with Gasteiger partial charge in [0.2, 0.25) is 0 Å². The Morgan fingerprint density at radius 3 is 2.53 bits per heavy atom. The van der Waals surface area contributed by atoms with E-state index in [9.17, 15) is 4.79 Å². The number of amides is 1. The Morgan fingerprint density at radius 2 is 1.83 bits per heavy atom. The lowest BCUT2D eigenvalue weighted by Gasteiger charge is -2.16. The van der Waals surface area contributed by atoms with E-state index in [2.05, 4.69) is 56.3 Å². The molecule has 152 valence electrons. The number of fused-ring (bicyclic) bond motifs is 1.